The number of carbonyl (C=O) groups is 1. The van der Waals surface area contributed by atoms with Crippen molar-refractivity contribution in [3.63, 3.8) is 0 Å². The molecular formula is C11H18N4O2. The predicted molar refractivity (Wildman–Crippen MR) is 62.3 cm³/mol. The number of hydrogen-bond donors (Lipinski definition) is 2. The molecule has 0 bridgehead atoms. The lowest BCUT2D eigenvalue weighted by molar-refractivity contribution is -0.133. The zero-order valence-electron chi connectivity index (χ0n) is 9.91. The normalized spacial score (nSPS) is 23.9. The van der Waals surface area contributed by atoms with Crippen LogP contribution in [0.1, 0.15) is 6.42 Å². The van der Waals surface area contributed by atoms with Crippen LogP contribution in [-0.4, -0.2) is 58.0 Å². The molecule has 2 N–H and O–H groups in total. The van der Waals surface area contributed by atoms with E-state index in [-0.39, 0.29) is 11.9 Å². The van der Waals surface area contributed by atoms with E-state index in [1.165, 1.54) is 0 Å². The molecule has 1 aromatic heterocycles. The van der Waals surface area contributed by atoms with Gasteiger partial charge in [0.2, 0.25) is 5.91 Å². The molecule has 0 radical (unpaired) electrons. The van der Waals surface area contributed by atoms with Gasteiger partial charge in [-0.1, -0.05) is 0 Å². The van der Waals surface area contributed by atoms with E-state index in [2.05, 4.69) is 10.4 Å². The van der Waals surface area contributed by atoms with Crippen molar-refractivity contribution in [2.24, 2.45) is 0 Å². The fourth-order valence-corrected chi connectivity index (χ4v) is 2.05. The van der Waals surface area contributed by atoms with Crippen LogP contribution in [0.3, 0.4) is 0 Å². The molecule has 2 atom stereocenters. The minimum Gasteiger partial charge on any atom is -0.390 e. The minimum absolute atomic E-state index is 0.0354. The summed E-state index contributed by atoms with van der Waals surface area (Å²) in [6.45, 7) is 1.79. The van der Waals surface area contributed by atoms with Crippen LogP contribution in [0.15, 0.2) is 18.5 Å². The second kappa shape index (κ2) is 5.29. The van der Waals surface area contributed by atoms with Gasteiger partial charge in [0.15, 0.2) is 0 Å². The summed E-state index contributed by atoms with van der Waals surface area (Å²) in [6.07, 6.45) is 3.47. The SMILES string of the molecule is CN(C(=O)CCn1cccn1)[C@H]1CNC[C@@H]1O. The van der Waals surface area contributed by atoms with Crippen molar-refractivity contribution >= 4 is 5.91 Å². The van der Waals surface area contributed by atoms with Gasteiger partial charge in [0.05, 0.1) is 12.1 Å². The van der Waals surface area contributed by atoms with E-state index in [4.69, 9.17) is 0 Å². The summed E-state index contributed by atoms with van der Waals surface area (Å²) < 4.78 is 1.73. The first-order valence-electron chi connectivity index (χ1n) is 5.80. The zero-order valence-corrected chi connectivity index (χ0v) is 9.91. The van der Waals surface area contributed by atoms with Crippen molar-refractivity contribution in [2.75, 3.05) is 20.1 Å². The molecular weight excluding hydrogens is 220 g/mol. The Morgan fingerprint density at radius 1 is 1.65 bits per heavy atom. The first-order chi connectivity index (χ1) is 8.18. The number of nitrogens with one attached hydrogen (secondary N) is 1. The Morgan fingerprint density at radius 2 is 2.47 bits per heavy atom. The Bertz CT molecular complexity index is 366. The summed E-state index contributed by atoms with van der Waals surface area (Å²) in [5, 5.41) is 16.8. The van der Waals surface area contributed by atoms with Gasteiger partial charge in [0, 0.05) is 45.5 Å². The van der Waals surface area contributed by atoms with Crippen LogP contribution >= 0.6 is 0 Å². The lowest BCUT2D eigenvalue weighted by Gasteiger charge is -2.26. The molecule has 1 aromatic rings. The Kier molecular flexibility index (Phi) is 3.75. The number of amides is 1. The third-order valence-electron chi connectivity index (χ3n) is 3.16. The molecule has 2 rings (SSSR count). The second-order valence-corrected chi connectivity index (χ2v) is 4.32. The van der Waals surface area contributed by atoms with E-state index < -0.39 is 6.10 Å². The lowest BCUT2D eigenvalue weighted by Crippen LogP contribution is -2.44. The maximum atomic E-state index is 11.9. The van der Waals surface area contributed by atoms with Crippen molar-refractivity contribution in [1.29, 1.82) is 0 Å². The zero-order chi connectivity index (χ0) is 12.3. The van der Waals surface area contributed by atoms with E-state index in [1.54, 1.807) is 22.8 Å². The van der Waals surface area contributed by atoms with E-state index in [0.717, 1.165) is 0 Å². The molecule has 1 aliphatic heterocycles. The lowest BCUT2D eigenvalue weighted by atomic mass is 10.2. The van der Waals surface area contributed by atoms with E-state index >= 15 is 0 Å². The molecule has 1 aliphatic rings. The van der Waals surface area contributed by atoms with Gasteiger partial charge in [0.1, 0.15) is 0 Å². The minimum atomic E-state index is -0.464. The molecule has 0 unspecified atom stereocenters. The first-order valence-corrected chi connectivity index (χ1v) is 5.80. The van der Waals surface area contributed by atoms with Gasteiger partial charge < -0.3 is 15.3 Å². The number of aromatic nitrogens is 2. The predicted octanol–water partition coefficient (Wildman–Crippen LogP) is -0.936. The van der Waals surface area contributed by atoms with Crippen molar-refractivity contribution in [3.05, 3.63) is 18.5 Å². The molecule has 94 valence electrons. The monoisotopic (exact) mass is 238 g/mol. The molecule has 6 nitrogen and oxygen atoms in total. The van der Waals surface area contributed by atoms with Gasteiger partial charge >= 0.3 is 0 Å². The van der Waals surface area contributed by atoms with Gasteiger partial charge in [-0.15, -0.1) is 0 Å². The highest BCUT2D eigenvalue weighted by atomic mass is 16.3. The summed E-state index contributed by atoms with van der Waals surface area (Å²) in [7, 11) is 1.74. The van der Waals surface area contributed by atoms with E-state index in [0.29, 0.717) is 26.1 Å². The Hall–Kier alpha value is -1.40. The molecule has 0 saturated carbocycles. The molecule has 1 amide bonds. The number of nitrogens with zero attached hydrogens (tertiary/aromatic N) is 3. The summed E-state index contributed by atoms with van der Waals surface area (Å²) in [6, 6.07) is 1.72. The molecule has 17 heavy (non-hydrogen) atoms. The highest BCUT2D eigenvalue weighted by Gasteiger charge is 2.30. The van der Waals surface area contributed by atoms with Crippen LogP contribution in [0.25, 0.3) is 0 Å². The fraction of sp³-hybridized carbons (Fsp3) is 0.636. The number of aliphatic hydroxyl groups excluding tert-OH is 1. The van der Waals surface area contributed by atoms with Crippen LogP contribution in [0.4, 0.5) is 0 Å². The van der Waals surface area contributed by atoms with Crippen LogP contribution in [0.5, 0.6) is 0 Å². The van der Waals surface area contributed by atoms with E-state index in [9.17, 15) is 9.90 Å². The fourth-order valence-electron chi connectivity index (χ4n) is 2.05. The maximum Gasteiger partial charge on any atom is 0.224 e. The van der Waals surface area contributed by atoms with Crippen LogP contribution in [-0.2, 0) is 11.3 Å². The van der Waals surface area contributed by atoms with Gasteiger partial charge in [-0.3, -0.25) is 9.48 Å². The van der Waals surface area contributed by atoms with Gasteiger partial charge in [-0.25, -0.2) is 0 Å². The number of rotatable bonds is 4. The molecule has 0 aliphatic carbocycles. The third kappa shape index (κ3) is 2.83. The Morgan fingerprint density at radius 3 is 3.06 bits per heavy atom. The molecule has 2 heterocycles. The first kappa shape index (κ1) is 12.1. The van der Waals surface area contributed by atoms with Crippen LogP contribution in [0.2, 0.25) is 0 Å². The number of carbonyl (C=O) groups excluding carboxylic acids is 1. The summed E-state index contributed by atoms with van der Waals surface area (Å²) in [4.78, 5) is 13.5. The van der Waals surface area contributed by atoms with E-state index in [1.807, 2.05) is 12.3 Å². The summed E-state index contributed by atoms with van der Waals surface area (Å²) >= 11 is 0. The molecule has 6 heteroatoms. The smallest absolute Gasteiger partial charge is 0.224 e. The van der Waals surface area contributed by atoms with Crippen molar-refractivity contribution in [1.82, 2.24) is 20.0 Å². The highest BCUT2D eigenvalue weighted by Crippen LogP contribution is 2.09. The van der Waals surface area contributed by atoms with Gasteiger partial charge in [0.25, 0.3) is 0 Å². The van der Waals surface area contributed by atoms with Gasteiger partial charge in [-0.05, 0) is 6.07 Å². The highest BCUT2D eigenvalue weighted by molar-refractivity contribution is 5.76. The topological polar surface area (TPSA) is 70.4 Å². The van der Waals surface area contributed by atoms with Crippen molar-refractivity contribution < 1.29 is 9.90 Å². The molecule has 1 saturated heterocycles. The second-order valence-electron chi connectivity index (χ2n) is 4.32. The Labute approximate surface area is 100 Å². The maximum absolute atomic E-state index is 11.9. The number of β-amino-alcohol motifs (C(OH)–C–C–N with tert-alkyl or cyclic N) is 1. The number of likely N-dealkylation sites (N-methyl/N-ethyl adjacent to an activating group) is 1. The van der Waals surface area contributed by atoms with Crippen LogP contribution < -0.4 is 5.32 Å². The molecule has 0 aromatic carbocycles. The Balaban J connectivity index is 1.83. The summed E-state index contributed by atoms with van der Waals surface area (Å²) in [5.41, 5.74) is 0. The average molecular weight is 238 g/mol. The molecule has 1 fully saturated rings. The summed E-state index contributed by atoms with van der Waals surface area (Å²) in [5.74, 6) is 0.0354. The van der Waals surface area contributed by atoms with Crippen molar-refractivity contribution in [2.45, 2.75) is 25.1 Å². The number of hydrogen-bond acceptors (Lipinski definition) is 4. The van der Waals surface area contributed by atoms with Gasteiger partial charge in [-0.2, -0.15) is 5.10 Å². The van der Waals surface area contributed by atoms with Crippen molar-refractivity contribution in [3.8, 4) is 0 Å². The number of aliphatic hydroxyl groups is 1. The third-order valence-corrected chi connectivity index (χ3v) is 3.16. The molecule has 0 spiro atoms. The van der Waals surface area contributed by atoms with Crippen LogP contribution in [0, 0.1) is 0 Å². The average Bonchev–Trinajstić information content (AvgIpc) is 2.95. The number of aryl methyl sites for hydroxylation is 1. The quantitative estimate of drug-likeness (QED) is 0.710. The largest absolute Gasteiger partial charge is 0.390 e. The standard InChI is InChI=1S/C11H18N4O2/c1-14(9-7-12-8-10(9)16)11(17)3-6-15-5-2-4-13-15/h2,4-5,9-10,12,16H,3,6-8H2,1H3/t9-,10-/m0/s1.